The Kier molecular flexibility index (Phi) is 4.46. The third-order valence-corrected chi connectivity index (χ3v) is 3.38. The normalized spacial score (nSPS) is 13.0. The van der Waals surface area contributed by atoms with Crippen LogP contribution in [0.5, 0.6) is 5.75 Å². The van der Waals surface area contributed by atoms with E-state index in [1.165, 1.54) is 5.56 Å². The first-order valence-corrected chi connectivity index (χ1v) is 7.01. The summed E-state index contributed by atoms with van der Waals surface area (Å²) in [5.74, 6) is 0.865. The second-order valence-corrected chi connectivity index (χ2v) is 6.10. The fraction of sp³-hybridized carbons (Fsp3) is 0.333. The number of hydrogen-bond donors (Lipinski definition) is 1. The van der Waals surface area contributed by atoms with Crippen molar-refractivity contribution < 1.29 is 4.74 Å². The number of nitrogens with two attached hydrogens (primary N) is 1. The zero-order valence-electron chi connectivity index (χ0n) is 12.5. The van der Waals surface area contributed by atoms with E-state index in [0.29, 0.717) is 6.61 Å². The van der Waals surface area contributed by atoms with Gasteiger partial charge in [0.15, 0.2) is 0 Å². The van der Waals surface area contributed by atoms with Gasteiger partial charge in [0.1, 0.15) is 12.4 Å². The van der Waals surface area contributed by atoms with E-state index < -0.39 is 0 Å². The van der Waals surface area contributed by atoms with Gasteiger partial charge in [-0.1, -0.05) is 63.2 Å². The fourth-order valence-corrected chi connectivity index (χ4v) is 2.03. The van der Waals surface area contributed by atoms with E-state index in [1.54, 1.807) is 0 Å². The molecule has 1 unspecified atom stereocenters. The highest BCUT2D eigenvalue weighted by Crippen LogP contribution is 2.24. The summed E-state index contributed by atoms with van der Waals surface area (Å²) >= 11 is 0. The van der Waals surface area contributed by atoms with Crippen LogP contribution < -0.4 is 10.5 Å². The third kappa shape index (κ3) is 3.84. The van der Waals surface area contributed by atoms with Crippen molar-refractivity contribution in [3.05, 3.63) is 65.7 Å². The van der Waals surface area contributed by atoms with Gasteiger partial charge in [0.25, 0.3) is 0 Å². The number of benzene rings is 2. The van der Waals surface area contributed by atoms with Crippen molar-refractivity contribution >= 4 is 0 Å². The van der Waals surface area contributed by atoms with E-state index >= 15 is 0 Å². The average molecular weight is 269 g/mol. The molecule has 0 saturated heterocycles. The lowest BCUT2D eigenvalue weighted by atomic mass is 9.87. The molecule has 2 aromatic carbocycles. The zero-order chi connectivity index (χ0) is 14.6. The first-order valence-electron chi connectivity index (χ1n) is 7.01. The maximum absolute atomic E-state index is 6.12. The Bertz CT molecular complexity index is 526. The molecule has 0 radical (unpaired) electrons. The lowest BCUT2D eigenvalue weighted by Gasteiger charge is -2.19. The van der Waals surface area contributed by atoms with E-state index in [9.17, 15) is 0 Å². The quantitative estimate of drug-likeness (QED) is 0.908. The van der Waals surface area contributed by atoms with Crippen LogP contribution in [0.3, 0.4) is 0 Å². The molecule has 0 saturated carbocycles. The van der Waals surface area contributed by atoms with E-state index in [0.717, 1.165) is 11.3 Å². The van der Waals surface area contributed by atoms with E-state index in [1.807, 2.05) is 42.5 Å². The van der Waals surface area contributed by atoms with Gasteiger partial charge in [-0.15, -0.1) is 0 Å². The first kappa shape index (κ1) is 14.6. The number of rotatable bonds is 4. The Morgan fingerprint density at radius 1 is 0.950 bits per heavy atom. The minimum atomic E-state index is -0.0986. The van der Waals surface area contributed by atoms with Crippen LogP contribution in [0.4, 0.5) is 0 Å². The molecule has 0 aliphatic heterocycles. The lowest BCUT2D eigenvalue weighted by molar-refractivity contribution is 0.290. The predicted molar refractivity (Wildman–Crippen MR) is 84.0 cm³/mol. The van der Waals surface area contributed by atoms with Crippen molar-refractivity contribution in [2.75, 3.05) is 6.61 Å². The Hall–Kier alpha value is -1.80. The monoisotopic (exact) mass is 269 g/mol. The summed E-state index contributed by atoms with van der Waals surface area (Å²) < 4.78 is 5.76. The van der Waals surface area contributed by atoms with Gasteiger partial charge in [0, 0.05) is 0 Å². The summed E-state index contributed by atoms with van der Waals surface area (Å²) in [6.45, 7) is 7.09. The van der Waals surface area contributed by atoms with Gasteiger partial charge in [-0.25, -0.2) is 0 Å². The SMILES string of the molecule is CC(C)(C)c1ccc(OCC(N)c2ccccc2)cc1. The van der Waals surface area contributed by atoms with E-state index in [2.05, 4.69) is 32.9 Å². The minimum Gasteiger partial charge on any atom is -0.492 e. The van der Waals surface area contributed by atoms with Crippen LogP contribution in [0.15, 0.2) is 54.6 Å². The van der Waals surface area contributed by atoms with Gasteiger partial charge in [-0.2, -0.15) is 0 Å². The maximum atomic E-state index is 6.12. The summed E-state index contributed by atoms with van der Waals surface area (Å²) in [4.78, 5) is 0. The summed E-state index contributed by atoms with van der Waals surface area (Å²) in [6.07, 6.45) is 0. The van der Waals surface area contributed by atoms with Crippen LogP contribution in [0, 0.1) is 0 Å². The van der Waals surface area contributed by atoms with Crippen LogP contribution in [-0.4, -0.2) is 6.61 Å². The van der Waals surface area contributed by atoms with E-state index in [4.69, 9.17) is 10.5 Å². The van der Waals surface area contributed by atoms with Crippen LogP contribution in [0.1, 0.15) is 37.9 Å². The molecule has 0 aromatic heterocycles. The number of ether oxygens (including phenoxy) is 1. The van der Waals surface area contributed by atoms with Crippen molar-refractivity contribution in [1.82, 2.24) is 0 Å². The van der Waals surface area contributed by atoms with Crippen LogP contribution in [-0.2, 0) is 5.41 Å². The predicted octanol–water partition coefficient (Wildman–Crippen LogP) is 4.06. The molecule has 20 heavy (non-hydrogen) atoms. The highest BCUT2D eigenvalue weighted by molar-refractivity contribution is 5.31. The average Bonchev–Trinajstić information content (AvgIpc) is 2.45. The van der Waals surface area contributed by atoms with Crippen LogP contribution >= 0.6 is 0 Å². The molecule has 0 spiro atoms. The molecule has 2 heteroatoms. The van der Waals surface area contributed by atoms with Gasteiger partial charge in [0.05, 0.1) is 6.04 Å². The summed E-state index contributed by atoms with van der Waals surface area (Å²) in [6, 6.07) is 18.2. The molecule has 1 atom stereocenters. The number of hydrogen-bond acceptors (Lipinski definition) is 2. The molecule has 2 nitrogen and oxygen atoms in total. The first-order chi connectivity index (χ1) is 9.47. The van der Waals surface area contributed by atoms with Gasteiger partial charge in [-0.05, 0) is 28.7 Å². The van der Waals surface area contributed by atoms with E-state index in [-0.39, 0.29) is 11.5 Å². The molecule has 106 valence electrons. The van der Waals surface area contributed by atoms with Crippen molar-refractivity contribution in [3.8, 4) is 5.75 Å². The summed E-state index contributed by atoms with van der Waals surface area (Å²) in [5, 5.41) is 0. The Balaban J connectivity index is 1.94. The molecule has 2 N–H and O–H groups in total. The van der Waals surface area contributed by atoms with Gasteiger partial charge in [0.2, 0.25) is 0 Å². The molecule has 0 aliphatic rings. The topological polar surface area (TPSA) is 35.2 Å². The molecule has 0 bridgehead atoms. The highest BCUT2D eigenvalue weighted by Gasteiger charge is 2.13. The second-order valence-electron chi connectivity index (χ2n) is 6.10. The van der Waals surface area contributed by atoms with Gasteiger partial charge in [-0.3, -0.25) is 0 Å². The molecule has 0 heterocycles. The van der Waals surface area contributed by atoms with Crippen molar-refractivity contribution in [2.24, 2.45) is 5.73 Å². The molecule has 2 aromatic rings. The summed E-state index contributed by atoms with van der Waals surface area (Å²) in [5.41, 5.74) is 8.68. The second kappa shape index (κ2) is 6.10. The molecule has 0 amide bonds. The molecular weight excluding hydrogens is 246 g/mol. The zero-order valence-corrected chi connectivity index (χ0v) is 12.5. The largest absolute Gasteiger partial charge is 0.492 e. The van der Waals surface area contributed by atoms with Gasteiger partial charge >= 0.3 is 0 Å². The minimum absolute atomic E-state index is 0.0986. The highest BCUT2D eigenvalue weighted by atomic mass is 16.5. The third-order valence-electron chi connectivity index (χ3n) is 3.38. The fourth-order valence-electron chi connectivity index (χ4n) is 2.03. The summed E-state index contributed by atoms with van der Waals surface area (Å²) in [7, 11) is 0. The Morgan fingerprint density at radius 2 is 1.55 bits per heavy atom. The van der Waals surface area contributed by atoms with Crippen molar-refractivity contribution in [2.45, 2.75) is 32.2 Å². The lowest BCUT2D eigenvalue weighted by Crippen LogP contribution is -2.19. The molecule has 0 aliphatic carbocycles. The van der Waals surface area contributed by atoms with Gasteiger partial charge < -0.3 is 10.5 Å². The van der Waals surface area contributed by atoms with Crippen LogP contribution in [0.2, 0.25) is 0 Å². The Labute approximate surface area is 121 Å². The van der Waals surface area contributed by atoms with Crippen molar-refractivity contribution in [3.63, 3.8) is 0 Å². The standard InChI is InChI=1S/C18H23NO/c1-18(2,3)15-9-11-16(12-10-15)20-13-17(19)14-7-5-4-6-8-14/h4-12,17H,13,19H2,1-3H3. The molecular formula is C18H23NO. The van der Waals surface area contributed by atoms with Crippen LogP contribution in [0.25, 0.3) is 0 Å². The molecule has 0 fully saturated rings. The van der Waals surface area contributed by atoms with Crippen molar-refractivity contribution in [1.29, 1.82) is 0 Å². The smallest absolute Gasteiger partial charge is 0.119 e. The maximum Gasteiger partial charge on any atom is 0.119 e. The molecule has 2 rings (SSSR count). The Morgan fingerprint density at radius 3 is 2.10 bits per heavy atom.